The smallest absolute Gasteiger partial charge is 0.194 e. The van der Waals surface area contributed by atoms with E-state index in [-0.39, 0.29) is 0 Å². The summed E-state index contributed by atoms with van der Waals surface area (Å²) in [4.78, 5) is 18.0. The fourth-order valence-corrected chi connectivity index (χ4v) is 3.56. The molecule has 0 bridgehead atoms. The molecule has 0 unspecified atom stereocenters. The number of nitrogens with zero attached hydrogens (tertiary/aromatic N) is 2. The molecular formula is C11H12N2OS. The van der Waals surface area contributed by atoms with Gasteiger partial charge in [0.15, 0.2) is 11.2 Å². The third-order valence-corrected chi connectivity index (χ3v) is 4.17. The first-order valence-corrected chi connectivity index (χ1v) is 6.13. The molecule has 0 saturated carbocycles. The van der Waals surface area contributed by atoms with Crippen LogP contribution in [0.4, 0.5) is 0 Å². The summed E-state index contributed by atoms with van der Waals surface area (Å²) in [5.41, 5.74) is 3.03. The zero-order valence-corrected chi connectivity index (χ0v) is 9.43. The van der Waals surface area contributed by atoms with Gasteiger partial charge >= 0.3 is 0 Å². The Hall–Kier alpha value is -1.16. The van der Waals surface area contributed by atoms with E-state index < -0.39 is 0 Å². The van der Waals surface area contributed by atoms with Gasteiger partial charge in [0.2, 0.25) is 0 Å². The van der Waals surface area contributed by atoms with Crippen LogP contribution in [0.3, 0.4) is 0 Å². The molecule has 0 amide bonds. The highest BCUT2D eigenvalue weighted by atomic mass is 32.1. The quantitative estimate of drug-likeness (QED) is 0.727. The number of fused-ring (bicyclic) bond motifs is 3. The van der Waals surface area contributed by atoms with Crippen molar-refractivity contribution >= 4 is 22.6 Å². The summed E-state index contributed by atoms with van der Waals surface area (Å²) in [6.07, 6.45) is 5.25. The average Bonchev–Trinajstić information content (AvgIpc) is 2.85. The Bertz CT molecular complexity index is 538. The van der Waals surface area contributed by atoms with Crippen LogP contribution in [0.2, 0.25) is 0 Å². The maximum absolute atomic E-state index is 11.1. The van der Waals surface area contributed by atoms with Crippen molar-refractivity contribution in [1.29, 1.82) is 0 Å². The molecule has 0 atom stereocenters. The molecule has 0 aliphatic heterocycles. The van der Waals surface area contributed by atoms with Gasteiger partial charge in [0, 0.05) is 10.6 Å². The topological polar surface area (TPSA) is 34.4 Å². The van der Waals surface area contributed by atoms with Crippen molar-refractivity contribution in [2.75, 3.05) is 0 Å². The summed E-state index contributed by atoms with van der Waals surface area (Å²) >= 11 is 1.75. The predicted octanol–water partition coefficient (Wildman–Crippen LogP) is 2.26. The Morgan fingerprint density at radius 3 is 3.13 bits per heavy atom. The number of imidazole rings is 1. The molecule has 78 valence electrons. The number of rotatable bonds is 2. The van der Waals surface area contributed by atoms with E-state index in [9.17, 15) is 4.79 Å². The zero-order chi connectivity index (χ0) is 10.4. The Kier molecular flexibility index (Phi) is 1.92. The first-order chi connectivity index (χ1) is 7.35. The summed E-state index contributed by atoms with van der Waals surface area (Å²) < 4.78 is 2.07. The minimum Gasteiger partial charge on any atom is -0.296 e. The monoisotopic (exact) mass is 220 g/mol. The fourth-order valence-electron chi connectivity index (χ4n) is 2.32. The van der Waals surface area contributed by atoms with Gasteiger partial charge in [0.25, 0.3) is 0 Å². The maximum atomic E-state index is 11.1. The standard InChI is InChI=1S/C11H12N2OS/c1-2-7-9(6-14)13-8-4-3-5-10(8)15-11(13)12-7/h6H,2-5H2,1H3. The van der Waals surface area contributed by atoms with Crippen molar-refractivity contribution < 1.29 is 4.79 Å². The highest BCUT2D eigenvalue weighted by molar-refractivity contribution is 7.17. The van der Waals surface area contributed by atoms with Crippen molar-refractivity contribution in [2.45, 2.75) is 32.6 Å². The minimum absolute atomic E-state index is 0.770. The highest BCUT2D eigenvalue weighted by Crippen LogP contribution is 2.32. The average molecular weight is 220 g/mol. The van der Waals surface area contributed by atoms with Crippen molar-refractivity contribution in [3.05, 3.63) is 22.0 Å². The molecule has 1 aliphatic rings. The van der Waals surface area contributed by atoms with Gasteiger partial charge in [-0.3, -0.25) is 9.20 Å². The zero-order valence-electron chi connectivity index (χ0n) is 8.62. The molecule has 15 heavy (non-hydrogen) atoms. The Morgan fingerprint density at radius 1 is 1.53 bits per heavy atom. The van der Waals surface area contributed by atoms with Gasteiger partial charge in [-0.1, -0.05) is 6.92 Å². The van der Waals surface area contributed by atoms with Crippen LogP contribution in [0.5, 0.6) is 0 Å². The van der Waals surface area contributed by atoms with E-state index >= 15 is 0 Å². The number of aromatic nitrogens is 2. The molecule has 0 N–H and O–H groups in total. The van der Waals surface area contributed by atoms with Gasteiger partial charge in [-0.25, -0.2) is 4.98 Å². The van der Waals surface area contributed by atoms with Crippen LogP contribution in [0.1, 0.15) is 40.1 Å². The van der Waals surface area contributed by atoms with E-state index in [2.05, 4.69) is 9.38 Å². The van der Waals surface area contributed by atoms with Crippen molar-refractivity contribution in [3.8, 4) is 0 Å². The van der Waals surface area contributed by atoms with Gasteiger partial charge in [-0.15, -0.1) is 11.3 Å². The predicted molar refractivity (Wildman–Crippen MR) is 59.9 cm³/mol. The molecule has 2 heterocycles. The second-order valence-electron chi connectivity index (χ2n) is 3.86. The Balaban J connectivity index is 2.36. The summed E-state index contributed by atoms with van der Waals surface area (Å²) in [6, 6.07) is 0. The van der Waals surface area contributed by atoms with Crippen LogP contribution in [0, 0.1) is 0 Å². The normalized spacial score (nSPS) is 14.7. The number of thiazole rings is 1. The Labute approximate surface area is 91.8 Å². The minimum atomic E-state index is 0.770. The molecule has 0 saturated heterocycles. The van der Waals surface area contributed by atoms with E-state index in [1.165, 1.54) is 17.0 Å². The molecule has 3 nitrogen and oxygen atoms in total. The second-order valence-corrected chi connectivity index (χ2v) is 4.92. The van der Waals surface area contributed by atoms with E-state index in [0.29, 0.717) is 0 Å². The van der Waals surface area contributed by atoms with Crippen LogP contribution >= 0.6 is 11.3 Å². The molecule has 0 radical (unpaired) electrons. The van der Waals surface area contributed by atoms with Crippen LogP contribution in [0.15, 0.2) is 0 Å². The Morgan fingerprint density at radius 2 is 2.40 bits per heavy atom. The number of hydrogen-bond donors (Lipinski definition) is 0. The van der Waals surface area contributed by atoms with Gasteiger partial charge in [0.1, 0.15) is 5.69 Å². The number of carbonyl (C=O) groups excluding carboxylic acids is 1. The van der Waals surface area contributed by atoms with Crippen LogP contribution in [-0.2, 0) is 19.3 Å². The summed E-state index contributed by atoms with van der Waals surface area (Å²) in [5.74, 6) is 0. The number of hydrogen-bond acceptors (Lipinski definition) is 3. The molecule has 3 rings (SSSR count). The number of aryl methyl sites for hydroxylation is 3. The van der Waals surface area contributed by atoms with Gasteiger partial charge in [-0.2, -0.15) is 0 Å². The number of aldehydes is 1. The lowest BCUT2D eigenvalue weighted by molar-refractivity contribution is 0.111. The third-order valence-electron chi connectivity index (χ3n) is 3.03. The first-order valence-electron chi connectivity index (χ1n) is 5.32. The molecular weight excluding hydrogens is 208 g/mol. The van der Waals surface area contributed by atoms with Gasteiger partial charge in [-0.05, 0) is 25.7 Å². The highest BCUT2D eigenvalue weighted by Gasteiger charge is 2.22. The van der Waals surface area contributed by atoms with Crippen molar-refractivity contribution in [2.24, 2.45) is 0 Å². The summed E-state index contributed by atoms with van der Waals surface area (Å²) in [5, 5.41) is 0. The van der Waals surface area contributed by atoms with Crippen molar-refractivity contribution in [1.82, 2.24) is 9.38 Å². The molecule has 2 aromatic heterocycles. The summed E-state index contributed by atoms with van der Waals surface area (Å²) in [6.45, 7) is 2.04. The third kappa shape index (κ3) is 1.11. The lowest BCUT2D eigenvalue weighted by Gasteiger charge is -1.96. The lowest BCUT2D eigenvalue weighted by atomic mass is 10.3. The van der Waals surface area contributed by atoms with Crippen LogP contribution in [0.25, 0.3) is 4.96 Å². The molecule has 2 aromatic rings. The molecule has 0 spiro atoms. The van der Waals surface area contributed by atoms with Crippen LogP contribution in [-0.4, -0.2) is 15.7 Å². The van der Waals surface area contributed by atoms with Crippen LogP contribution < -0.4 is 0 Å². The largest absolute Gasteiger partial charge is 0.296 e. The molecule has 4 heteroatoms. The molecule has 0 fully saturated rings. The second kappa shape index (κ2) is 3.17. The van der Waals surface area contributed by atoms with E-state index in [0.717, 1.165) is 41.9 Å². The molecule has 0 aromatic carbocycles. The molecule has 1 aliphatic carbocycles. The first kappa shape index (κ1) is 9.09. The van der Waals surface area contributed by atoms with E-state index in [4.69, 9.17) is 0 Å². The maximum Gasteiger partial charge on any atom is 0.194 e. The summed E-state index contributed by atoms with van der Waals surface area (Å²) in [7, 11) is 0. The van der Waals surface area contributed by atoms with Gasteiger partial charge in [0.05, 0.1) is 5.69 Å². The number of carbonyl (C=O) groups is 1. The fraction of sp³-hybridized carbons (Fsp3) is 0.455. The lowest BCUT2D eigenvalue weighted by Crippen LogP contribution is -1.96. The SMILES string of the molecule is CCc1nc2sc3c(n2c1C=O)CCC3. The van der Waals surface area contributed by atoms with Crippen molar-refractivity contribution in [3.63, 3.8) is 0 Å². The van der Waals surface area contributed by atoms with Gasteiger partial charge < -0.3 is 0 Å². The van der Waals surface area contributed by atoms with E-state index in [1.54, 1.807) is 11.3 Å². The van der Waals surface area contributed by atoms with E-state index in [1.807, 2.05) is 6.92 Å².